The van der Waals surface area contributed by atoms with Crippen molar-refractivity contribution < 1.29 is 0 Å². The number of anilines is 2. The van der Waals surface area contributed by atoms with Gasteiger partial charge >= 0.3 is 0 Å². The minimum atomic E-state index is 0.603. The van der Waals surface area contributed by atoms with Crippen molar-refractivity contribution in [1.29, 1.82) is 5.26 Å². The summed E-state index contributed by atoms with van der Waals surface area (Å²) >= 11 is 1.59. The van der Waals surface area contributed by atoms with E-state index in [1.165, 1.54) is 29.8 Å². The van der Waals surface area contributed by atoms with Gasteiger partial charge < -0.3 is 15.5 Å². The minimum Gasteiger partial charge on any atom is -0.397 e. The lowest BCUT2D eigenvalue weighted by Crippen LogP contribution is -2.31. The highest BCUT2D eigenvalue weighted by Gasteiger charge is 2.35. The molecule has 4 nitrogen and oxygen atoms in total. The number of likely N-dealkylation sites (N-methyl/N-ethyl adjacent to an activating group) is 1. The summed E-state index contributed by atoms with van der Waals surface area (Å²) in [5.41, 5.74) is 8.18. The molecule has 1 aliphatic carbocycles. The third-order valence-corrected chi connectivity index (χ3v) is 5.42. The van der Waals surface area contributed by atoms with Gasteiger partial charge in [-0.25, -0.2) is 0 Å². The normalized spacial score (nSPS) is 23.1. The Labute approximate surface area is 118 Å². The van der Waals surface area contributed by atoms with Crippen molar-refractivity contribution in [2.45, 2.75) is 31.2 Å². The van der Waals surface area contributed by atoms with Crippen molar-refractivity contribution in [2.75, 3.05) is 37.8 Å². The molecule has 2 fully saturated rings. The molecular weight excluding hydrogens is 256 g/mol. The fourth-order valence-corrected chi connectivity index (χ4v) is 4.02. The quantitative estimate of drug-likeness (QED) is 0.919. The Kier molecular flexibility index (Phi) is 3.15. The van der Waals surface area contributed by atoms with Crippen LogP contribution >= 0.6 is 11.3 Å². The molecule has 1 unspecified atom stereocenters. The Morgan fingerprint density at radius 3 is 2.63 bits per heavy atom. The smallest absolute Gasteiger partial charge is 0.130 e. The maximum absolute atomic E-state index is 9.20. The number of nitrogens with zero attached hydrogens (tertiary/aromatic N) is 3. The molecule has 0 spiro atoms. The van der Waals surface area contributed by atoms with E-state index in [1.807, 2.05) is 0 Å². The first-order valence-corrected chi connectivity index (χ1v) is 7.67. The zero-order valence-electron chi connectivity index (χ0n) is 11.5. The van der Waals surface area contributed by atoms with Gasteiger partial charge in [0.05, 0.1) is 10.7 Å². The molecule has 1 aromatic rings. The van der Waals surface area contributed by atoms with E-state index in [0.717, 1.165) is 18.8 Å². The molecule has 1 saturated carbocycles. The van der Waals surface area contributed by atoms with E-state index in [2.05, 4.69) is 30.0 Å². The highest BCUT2D eigenvalue weighted by molar-refractivity contribution is 7.17. The van der Waals surface area contributed by atoms with Crippen LogP contribution in [0.1, 0.15) is 35.6 Å². The van der Waals surface area contributed by atoms with Crippen LogP contribution in [0.5, 0.6) is 0 Å². The molecule has 2 heterocycles. The Morgan fingerprint density at radius 1 is 1.37 bits per heavy atom. The number of nitrogens with two attached hydrogens (primary N) is 1. The number of nitriles is 1. The molecule has 1 saturated heterocycles. The van der Waals surface area contributed by atoms with Crippen LogP contribution < -0.4 is 10.6 Å². The molecule has 2 aliphatic rings. The van der Waals surface area contributed by atoms with Crippen LogP contribution in [-0.4, -0.2) is 38.1 Å². The SMILES string of the molecule is CN(C)C1CCN(c2sc(C#N)c(N)c2C2CC2)C1. The minimum absolute atomic E-state index is 0.603. The summed E-state index contributed by atoms with van der Waals surface area (Å²) in [5, 5.41) is 10.5. The number of hydrogen-bond donors (Lipinski definition) is 1. The molecule has 0 radical (unpaired) electrons. The predicted octanol–water partition coefficient (Wildman–Crippen LogP) is 2.22. The van der Waals surface area contributed by atoms with Crippen LogP contribution in [0.4, 0.5) is 10.7 Å². The highest BCUT2D eigenvalue weighted by atomic mass is 32.1. The average Bonchev–Trinajstić information content (AvgIpc) is 2.99. The summed E-state index contributed by atoms with van der Waals surface area (Å²) in [5.74, 6) is 0.603. The lowest BCUT2D eigenvalue weighted by molar-refractivity contribution is 0.315. The van der Waals surface area contributed by atoms with E-state index in [-0.39, 0.29) is 0 Å². The van der Waals surface area contributed by atoms with Crippen LogP contribution in [0.2, 0.25) is 0 Å². The first-order chi connectivity index (χ1) is 9.11. The molecule has 0 bridgehead atoms. The number of rotatable bonds is 3. The second-order valence-corrected chi connectivity index (χ2v) is 6.80. The lowest BCUT2D eigenvalue weighted by Gasteiger charge is -2.21. The van der Waals surface area contributed by atoms with Gasteiger partial charge in [0.2, 0.25) is 0 Å². The summed E-state index contributed by atoms with van der Waals surface area (Å²) < 4.78 is 0. The van der Waals surface area contributed by atoms with Crippen molar-refractivity contribution in [1.82, 2.24) is 4.90 Å². The van der Waals surface area contributed by atoms with E-state index in [9.17, 15) is 5.26 Å². The Morgan fingerprint density at radius 2 is 2.11 bits per heavy atom. The number of nitrogen functional groups attached to an aromatic ring is 1. The van der Waals surface area contributed by atoms with Gasteiger partial charge in [-0.05, 0) is 39.3 Å². The van der Waals surface area contributed by atoms with Gasteiger partial charge in [0, 0.05) is 24.7 Å². The van der Waals surface area contributed by atoms with E-state index in [0.29, 0.717) is 16.8 Å². The lowest BCUT2D eigenvalue weighted by atomic mass is 10.1. The Balaban J connectivity index is 1.91. The largest absolute Gasteiger partial charge is 0.397 e. The standard InChI is InChI=1S/C14H20N4S/c1-17(2)10-5-6-18(8-10)14-12(9-3-4-9)13(16)11(7-15)19-14/h9-10H,3-6,8,16H2,1-2H3. The van der Waals surface area contributed by atoms with Crippen molar-refractivity contribution >= 4 is 22.0 Å². The summed E-state index contributed by atoms with van der Waals surface area (Å²) in [6.07, 6.45) is 3.64. The van der Waals surface area contributed by atoms with Crippen LogP contribution in [0.25, 0.3) is 0 Å². The topological polar surface area (TPSA) is 56.3 Å². The van der Waals surface area contributed by atoms with Crippen molar-refractivity contribution in [3.8, 4) is 6.07 Å². The molecule has 1 aliphatic heterocycles. The third-order valence-electron chi connectivity index (χ3n) is 4.23. The first-order valence-electron chi connectivity index (χ1n) is 6.85. The third kappa shape index (κ3) is 2.19. The monoisotopic (exact) mass is 276 g/mol. The molecule has 19 heavy (non-hydrogen) atoms. The van der Waals surface area contributed by atoms with E-state index in [1.54, 1.807) is 11.3 Å². The van der Waals surface area contributed by atoms with Gasteiger partial charge in [0.15, 0.2) is 0 Å². The van der Waals surface area contributed by atoms with Gasteiger partial charge in [-0.3, -0.25) is 0 Å². The molecule has 1 aromatic heterocycles. The molecule has 5 heteroatoms. The summed E-state index contributed by atoms with van der Waals surface area (Å²) in [7, 11) is 4.28. The maximum Gasteiger partial charge on any atom is 0.130 e. The molecule has 0 aromatic carbocycles. The summed E-state index contributed by atoms with van der Waals surface area (Å²) in [4.78, 5) is 5.42. The zero-order valence-corrected chi connectivity index (χ0v) is 12.3. The molecular formula is C14H20N4S. The number of hydrogen-bond acceptors (Lipinski definition) is 5. The Bertz CT molecular complexity index is 524. The van der Waals surface area contributed by atoms with Crippen LogP contribution in [0, 0.1) is 11.3 Å². The van der Waals surface area contributed by atoms with Gasteiger partial charge in [0.1, 0.15) is 10.9 Å². The second kappa shape index (κ2) is 4.69. The molecule has 2 N–H and O–H groups in total. The highest BCUT2D eigenvalue weighted by Crippen LogP contribution is 2.52. The van der Waals surface area contributed by atoms with Crippen LogP contribution in [0.3, 0.4) is 0 Å². The van der Waals surface area contributed by atoms with Crippen molar-refractivity contribution in [3.05, 3.63) is 10.4 Å². The van der Waals surface area contributed by atoms with E-state index in [4.69, 9.17) is 5.73 Å². The predicted molar refractivity (Wildman–Crippen MR) is 79.7 cm³/mol. The summed E-state index contributed by atoms with van der Waals surface area (Å²) in [6, 6.07) is 2.86. The van der Waals surface area contributed by atoms with Crippen molar-refractivity contribution in [2.24, 2.45) is 0 Å². The fourth-order valence-electron chi connectivity index (χ4n) is 2.88. The van der Waals surface area contributed by atoms with Gasteiger partial charge in [-0.2, -0.15) is 5.26 Å². The number of thiophene rings is 1. The Hall–Kier alpha value is -1.25. The molecule has 1 atom stereocenters. The molecule has 0 amide bonds. The second-order valence-electron chi connectivity index (χ2n) is 5.80. The molecule has 3 rings (SSSR count). The van der Waals surface area contributed by atoms with Gasteiger partial charge in [-0.15, -0.1) is 11.3 Å². The first kappa shape index (κ1) is 12.8. The fraction of sp³-hybridized carbons (Fsp3) is 0.643. The molecule has 102 valence electrons. The van der Waals surface area contributed by atoms with E-state index < -0.39 is 0 Å². The van der Waals surface area contributed by atoms with Gasteiger partial charge in [-0.1, -0.05) is 0 Å². The van der Waals surface area contributed by atoms with Crippen LogP contribution in [-0.2, 0) is 0 Å². The van der Waals surface area contributed by atoms with E-state index >= 15 is 0 Å². The zero-order chi connectivity index (χ0) is 13.6. The maximum atomic E-state index is 9.20. The van der Waals surface area contributed by atoms with Crippen LogP contribution in [0.15, 0.2) is 0 Å². The van der Waals surface area contributed by atoms with Crippen molar-refractivity contribution in [3.63, 3.8) is 0 Å². The average molecular weight is 276 g/mol. The van der Waals surface area contributed by atoms with Gasteiger partial charge in [0.25, 0.3) is 0 Å². The summed E-state index contributed by atoms with van der Waals surface area (Å²) in [6.45, 7) is 2.13.